The summed E-state index contributed by atoms with van der Waals surface area (Å²) in [7, 11) is 0. The molecule has 0 radical (unpaired) electrons. The van der Waals surface area contributed by atoms with Crippen LogP contribution in [0.15, 0.2) is 48.5 Å². The molecule has 0 bridgehead atoms. The number of benzene rings is 2. The fourth-order valence-corrected chi connectivity index (χ4v) is 3.51. The normalized spacial score (nSPS) is 12.6. The Morgan fingerprint density at radius 2 is 1.84 bits per heavy atom. The number of hydrogen-bond acceptors (Lipinski definition) is 2. The summed E-state index contributed by atoms with van der Waals surface area (Å²) in [5.74, 6) is 0. The average Bonchev–Trinajstić information content (AvgIpc) is 2.90. The van der Waals surface area contributed by atoms with Crippen molar-refractivity contribution in [3.63, 3.8) is 0 Å². The van der Waals surface area contributed by atoms with Gasteiger partial charge in [0.05, 0.1) is 6.61 Å². The number of rotatable bonds is 7. The number of nitrogens with one attached hydrogen (secondary N) is 1. The highest BCUT2D eigenvalue weighted by molar-refractivity contribution is 6.31. The minimum Gasteiger partial charge on any atom is -0.395 e. The zero-order valence-electron chi connectivity index (χ0n) is 14.8. The first kappa shape index (κ1) is 18.0. The molecule has 0 amide bonds. The van der Waals surface area contributed by atoms with E-state index in [1.165, 1.54) is 22.2 Å². The average molecular weight is 357 g/mol. The van der Waals surface area contributed by atoms with E-state index in [0.29, 0.717) is 0 Å². The summed E-state index contributed by atoms with van der Waals surface area (Å²) in [6, 6.07) is 16.6. The predicted octanol–water partition coefficient (Wildman–Crippen LogP) is 4.51. The van der Waals surface area contributed by atoms with Crippen LogP contribution >= 0.6 is 11.6 Å². The van der Waals surface area contributed by atoms with Gasteiger partial charge in [-0.2, -0.15) is 0 Å². The Morgan fingerprint density at radius 1 is 1.12 bits per heavy atom. The molecule has 0 saturated heterocycles. The minimum atomic E-state index is 0.130. The van der Waals surface area contributed by atoms with Crippen molar-refractivity contribution in [2.24, 2.45) is 0 Å². The SMILES string of the molecule is CC[C@H](CO)NCc1c(C)n(Cc2ccccc2Cl)c2ccccc12. The maximum Gasteiger partial charge on any atom is 0.0584 e. The lowest BCUT2D eigenvalue weighted by Gasteiger charge is -2.14. The van der Waals surface area contributed by atoms with Gasteiger partial charge in [-0.05, 0) is 36.6 Å². The first-order valence-electron chi connectivity index (χ1n) is 8.80. The van der Waals surface area contributed by atoms with Gasteiger partial charge >= 0.3 is 0 Å². The molecular weight excluding hydrogens is 332 g/mol. The lowest BCUT2D eigenvalue weighted by Crippen LogP contribution is -2.31. The monoisotopic (exact) mass is 356 g/mol. The highest BCUT2D eigenvalue weighted by atomic mass is 35.5. The Bertz CT molecular complexity index is 852. The van der Waals surface area contributed by atoms with E-state index in [1.54, 1.807) is 0 Å². The van der Waals surface area contributed by atoms with Gasteiger partial charge in [0, 0.05) is 40.8 Å². The molecule has 25 heavy (non-hydrogen) atoms. The van der Waals surface area contributed by atoms with Crippen molar-refractivity contribution in [2.75, 3.05) is 6.61 Å². The Kier molecular flexibility index (Phi) is 5.79. The topological polar surface area (TPSA) is 37.2 Å². The van der Waals surface area contributed by atoms with Crippen LogP contribution in [-0.2, 0) is 13.1 Å². The third-order valence-corrected chi connectivity index (χ3v) is 5.30. The fraction of sp³-hybridized carbons (Fsp3) is 0.333. The number of aromatic nitrogens is 1. The summed E-state index contributed by atoms with van der Waals surface area (Å²) in [5, 5.41) is 15.0. The highest BCUT2D eigenvalue weighted by Crippen LogP contribution is 2.28. The molecule has 2 N–H and O–H groups in total. The molecule has 0 saturated carbocycles. The Balaban J connectivity index is 1.99. The van der Waals surface area contributed by atoms with Crippen LogP contribution in [0.1, 0.15) is 30.2 Å². The summed E-state index contributed by atoms with van der Waals surface area (Å²) < 4.78 is 2.33. The molecule has 0 fully saturated rings. The number of aliphatic hydroxyl groups is 1. The number of fused-ring (bicyclic) bond motifs is 1. The van der Waals surface area contributed by atoms with E-state index >= 15 is 0 Å². The number of nitrogens with zero attached hydrogens (tertiary/aromatic N) is 1. The van der Waals surface area contributed by atoms with Crippen LogP contribution in [0.2, 0.25) is 5.02 Å². The third-order valence-electron chi connectivity index (χ3n) is 4.93. The van der Waals surface area contributed by atoms with Crippen LogP contribution in [0.4, 0.5) is 0 Å². The van der Waals surface area contributed by atoms with Crippen molar-refractivity contribution in [2.45, 2.75) is 39.4 Å². The van der Waals surface area contributed by atoms with Crippen LogP contribution in [0.25, 0.3) is 10.9 Å². The van der Waals surface area contributed by atoms with E-state index in [2.05, 4.69) is 54.1 Å². The van der Waals surface area contributed by atoms with E-state index in [-0.39, 0.29) is 12.6 Å². The van der Waals surface area contributed by atoms with E-state index in [4.69, 9.17) is 11.6 Å². The van der Waals surface area contributed by atoms with Crippen molar-refractivity contribution >= 4 is 22.5 Å². The molecule has 3 aromatic rings. The molecule has 1 heterocycles. The van der Waals surface area contributed by atoms with Gasteiger partial charge in [0.15, 0.2) is 0 Å². The zero-order valence-corrected chi connectivity index (χ0v) is 15.6. The van der Waals surface area contributed by atoms with Crippen LogP contribution in [-0.4, -0.2) is 22.3 Å². The first-order chi connectivity index (χ1) is 12.2. The van der Waals surface area contributed by atoms with Crippen molar-refractivity contribution < 1.29 is 5.11 Å². The predicted molar refractivity (Wildman–Crippen MR) is 105 cm³/mol. The van der Waals surface area contributed by atoms with Gasteiger partial charge in [-0.25, -0.2) is 0 Å². The largest absolute Gasteiger partial charge is 0.395 e. The molecule has 0 aliphatic rings. The smallest absolute Gasteiger partial charge is 0.0584 e. The highest BCUT2D eigenvalue weighted by Gasteiger charge is 2.15. The summed E-state index contributed by atoms with van der Waals surface area (Å²) in [6.45, 7) is 5.91. The lowest BCUT2D eigenvalue weighted by atomic mass is 10.1. The molecule has 0 aliphatic heterocycles. The molecular formula is C21H25ClN2O. The summed E-state index contributed by atoms with van der Waals surface area (Å²) in [4.78, 5) is 0. The summed E-state index contributed by atoms with van der Waals surface area (Å²) in [6.07, 6.45) is 0.911. The van der Waals surface area contributed by atoms with Gasteiger partial charge in [0.2, 0.25) is 0 Å². The quantitative estimate of drug-likeness (QED) is 0.653. The zero-order chi connectivity index (χ0) is 17.8. The Labute approximate surface area is 154 Å². The van der Waals surface area contributed by atoms with Crippen LogP contribution < -0.4 is 5.32 Å². The Hall–Kier alpha value is -1.81. The van der Waals surface area contributed by atoms with Crippen LogP contribution in [0, 0.1) is 6.92 Å². The van der Waals surface area contributed by atoms with Gasteiger partial charge in [0.1, 0.15) is 0 Å². The standard InChI is InChI=1S/C21H25ClN2O/c1-3-17(14-25)23-12-19-15(2)24(21-11-7-5-9-18(19)21)13-16-8-4-6-10-20(16)22/h4-11,17,23,25H,3,12-14H2,1-2H3/t17-/m1/s1. The van der Waals surface area contributed by atoms with Crippen molar-refractivity contribution in [3.05, 3.63) is 70.4 Å². The summed E-state index contributed by atoms with van der Waals surface area (Å²) >= 11 is 6.37. The maximum absolute atomic E-state index is 9.43. The maximum atomic E-state index is 9.43. The fourth-order valence-electron chi connectivity index (χ4n) is 3.31. The lowest BCUT2D eigenvalue weighted by molar-refractivity contribution is 0.238. The first-order valence-corrected chi connectivity index (χ1v) is 9.17. The second-order valence-electron chi connectivity index (χ2n) is 6.43. The molecule has 132 valence electrons. The van der Waals surface area contributed by atoms with E-state index in [0.717, 1.165) is 30.1 Å². The molecule has 3 nitrogen and oxygen atoms in total. The number of halogens is 1. The number of para-hydroxylation sites is 1. The van der Waals surface area contributed by atoms with Crippen molar-refractivity contribution in [1.82, 2.24) is 9.88 Å². The molecule has 2 aromatic carbocycles. The van der Waals surface area contributed by atoms with Crippen LogP contribution in [0.5, 0.6) is 0 Å². The van der Waals surface area contributed by atoms with Gasteiger partial charge in [-0.1, -0.05) is 54.9 Å². The number of aliphatic hydroxyl groups excluding tert-OH is 1. The van der Waals surface area contributed by atoms with Crippen LogP contribution in [0.3, 0.4) is 0 Å². The van der Waals surface area contributed by atoms with Gasteiger partial charge in [-0.15, -0.1) is 0 Å². The second-order valence-corrected chi connectivity index (χ2v) is 6.83. The van der Waals surface area contributed by atoms with Gasteiger partial charge in [-0.3, -0.25) is 0 Å². The van der Waals surface area contributed by atoms with E-state index in [1.807, 2.05) is 18.2 Å². The Morgan fingerprint density at radius 3 is 2.56 bits per heavy atom. The van der Waals surface area contributed by atoms with E-state index in [9.17, 15) is 5.11 Å². The molecule has 0 aliphatic carbocycles. The van der Waals surface area contributed by atoms with Gasteiger partial charge in [0.25, 0.3) is 0 Å². The summed E-state index contributed by atoms with van der Waals surface area (Å²) in [5.41, 5.74) is 4.86. The molecule has 0 unspecified atom stereocenters. The molecule has 1 atom stereocenters. The van der Waals surface area contributed by atoms with E-state index < -0.39 is 0 Å². The number of hydrogen-bond donors (Lipinski definition) is 2. The third kappa shape index (κ3) is 3.74. The minimum absolute atomic E-state index is 0.130. The molecule has 1 aromatic heterocycles. The van der Waals surface area contributed by atoms with Crippen molar-refractivity contribution in [3.8, 4) is 0 Å². The molecule has 0 spiro atoms. The molecule has 3 rings (SSSR count). The van der Waals surface area contributed by atoms with Crippen molar-refractivity contribution in [1.29, 1.82) is 0 Å². The molecule has 4 heteroatoms. The second kappa shape index (κ2) is 8.05. The van der Waals surface area contributed by atoms with Gasteiger partial charge < -0.3 is 15.0 Å².